The third kappa shape index (κ3) is 3.83. The number of nitrogens with two attached hydrogens (primary N) is 1. The summed E-state index contributed by atoms with van der Waals surface area (Å²) in [5.41, 5.74) is 7.88. The summed E-state index contributed by atoms with van der Waals surface area (Å²) < 4.78 is 41.1. The summed E-state index contributed by atoms with van der Waals surface area (Å²) in [7, 11) is -3.83. The second-order valence-corrected chi connectivity index (χ2v) is 9.09. The maximum absolute atomic E-state index is 13.3. The van der Waals surface area contributed by atoms with E-state index in [2.05, 4.69) is 9.97 Å². The van der Waals surface area contributed by atoms with E-state index in [4.69, 9.17) is 17.3 Å². The molecule has 2 heterocycles. The van der Waals surface area contributed by atoms with Crippen molar-refractivity contribution < 1.29 is 12.8 Å². The number of nitrogen functional groups attached to an aromatic ring is 1. The molecule has 0 radical (unpaired) electrons. The third-order valence-electron chi connectivity index (χ3n) is 4.93. The summed E-state index contributed by atoms with van der Waals surface area (Å²) in [4.78, 5) is 8.52. The molecule has 1 aliphatic heterocycles. The fraction of sp³-hybridized carbons (Fsp3) is 0.200. The molecular weight excluding hydrogens is 415 g/mol. The smallest absolute Gasteiger partial charge is 0.243 e. The molecule has 0 saturated carbocycles. The molecule has 29 heavy (non-hydrogen) atoms. The van der Waals surface area contributed by atoms with Gasteiger partial charge in [-0.1, -0.05) is 23.7 Å². The van der Waals surface area contributed by atoms with Crippen LogP contribution in [0.25, 0.3) is 11.1 Å². The highest BCUT2D eigenvalue weighted by molar-refractivity contribution is 7.89. The molecule has 2 aromatic carbocycles. The normalized spacial score (nSPS) is 17.5. The van der Waals surface area contributed by atoms with Gasteiger partial charge in [0.25, 0.3) is 0 Å². The number of benzene rings is 2. The Kier molecular flexibility index (Phi) is 5.24. The van der Waals surface area contributed by atoms with Crippen LogP contribution in [0.15, 0.2) is 59.6 Å². The van der Waals surface area contributed by atoms with Crippen molar-refractivity contribution in [3.05, 3.63) is 71.3 Å². The van der Waals surface area contributed by atoms with E-state index in [1.54, 1.807) is 18.3 Å². The zero-order chi connectivity index (χ0) is 20.6. The molecule has 0 spiro atoms. The first-order valence-corrected chi connectivity index (χ1v) is 10.8. The van der Waals surface area contributed by atoms with E-state index in [-0.39, 0.29) is 10.8 Å². The van der Waals surface area contributed by atoms with Crippen molar-refractivity contribution in [1.82, 2.24) is 14.3 Å². The van der Waals surface area contributed by atoms with Gasteiger partial charge in [-0.3, -0.25) is 0 Å². The number of aromatic nitrogens is 2. The van der Waals surface area contributed by atoms with E-state index >= 15 is 0 Å². The van der Waals surface area contributed by atoms with Gasteiger partial charge in [0.2, 0.25) is 16.0 Å². The van der Waals surface area contributed by atoms with E-state index in [9.17, 15) is 12.8 Å². The van der Waals surface area contributed by atoms with Crippen molar-refractivity contribution in [3.63, 3.8) is 0 Å². The summed E-state index contributed by atoms with van der Waals surface area (Å²) in [5.74, 6) is -0.417. The van der Waals surface area contributed by atoms with Gasteiger partial charge in [0.15, 0.2) is 0 Å². The molecule has 3 aromatic rings. The van der Waals surface area contributed by atoms with E-state index in [0.29, 0.717) is 35.7 Å². The average Bonchev–Trinajstić information content (AvgIpc) is 3.20. The van der Waals surface area contributed by atoms with Crippen molar-refractivity contribution in [2.75, 3.05) is 12.3 Å². The fourth-order valence-electron chi connectivity index (χ4n) is 3.56. The third-order valence-corrected chi connectivity index (χ3v) is 7.11. The fourth-order valence-corrected chi connectivity index (χ4v) is 5.34. The minimum absolute atomic E-state index is 0.0425. The van der Waals surface area contributed by atoms with Crippen LogP contribution in [0.3, 0.4) is 0 Å². The minimum Gasteiger partial charge on any atom is -0.368 e. The highest BCUT2D eigenvalue weighted by Gasteiger charge is 2.38. The predicted octanol–water partition coefficient (Wildman–Crippen LogP) is 4.04. The maximum atomic E-state index is 13.3. The minimum atomic E-state index is -3.83. The molecule has 0 bridgehead atoms. The van der Waals surface area contributed by atoms with Crippen LogP contribution in [0.4, 0.5) is 10.3 Å². The lowest BCUT2D eigenvalue weighted by Crippen LogP contribution is -2.31. The van der Waals surface area contributed by atoms with E-state index in [0.717, 1.165) is 17.7 Å². The number of hydrogen-bond acceptors (Lipinski definition) is 5. The first kappa shape index (κ1) is 19.8. The Morgan fingerprint density at radius 3 is 2.48 bits per heavy atom. The molecule has 1 fully saturated rings. The molecule has 9 heteroatoms. The van der Waals surface area contributed by atoms with Crippen molar-refractivity contribution >= 4 is 27.6 Å². The standard InChI is InChI=1S/C20H18ClFN4O2S/c21-14-5-3-13(4-6-14)17-12-24-20(23)25-19(17)18-2-1-11-26(18)29(27,28)16-9-7-15(22)8-10-16/h3-10,12,18H,1-2,11H2,(H2,23,24,25)/t18-/m1/s1. The van der Waals surface area contributed by atoms with Gasteiger partial charge in [0, 0.05) is 23.3 Å². The number of hydrogen-bond donors (Lipinski definition) is 1. The van der Waals surface area contributed by atoms with Crippen molar-refractivity contribution in [3.8, 4) is 11.1 Å². The van der Waals surface area contributed by atoms with Gasteiger partial charge in [-0.15, -0.1) is 0 Å². The van der Waals surface area contributed by atoms with Crippen LogP contribution in [0.5, 0.6) is 0 Å². The van der Waals surface area contributed by atoms with Gasteiger partial charge >= 0.3 is 0 Å². The molecule has 0 amide bonds. The van der Waals surface area contributed by atoms with Gasteiger partial charge in [-0.05, 0) is 54.8 Å². The topological polar surface area (TPSA) is 89.2 Å². The first-order chi connectivity index (χ1) is 13.9. The Bertz CT molecular complexity index is 1140. The Morgan fingerprint density at radius 2 is 1.79 bits per heavy atom. The van der Waals surface area contributed by atoms with E-state index in [1.807, 2.05) is 12.1 Å². The molecular formula is C20H18ClFN4O2S. The van der Waals surface area contributed by atoms with Crippen molar-refractivity contribution in [1.29, 1.82) is 0 Å². The first-order valence-electron chi connectivity index (χ1n) is 9.02. The van der Waals surface area contributed by atoms with Gasteiger partial charge in [0.05, 0.1) is 16.6 Å². The van der Waals surface area contributed by atoms with E-state index in [1.165, 1.54) is 16.4 Å². The summed E-state index contributed by atoms with van der Waals surface area (Å²) in [6.07, 6.45) is 2.87. The zero-order valence-corrected chi connectivity index (χ0v) is 16.9. The van der Waals surface area contributed by atoms with Gasteiger partial charge < -0.3 is 5.73 Å². The second-order valence-electron chi connectivity index (χ2n) is 6.76. The van der Waals surface area contributed by atoms with Gasteiger partial charge in [-0.25, -0.2) is 22.8 Å². The van der Waals surface area contributed by atoms with Crippen LogP contribution in [0, 0.1) is 5.82 Å². The predicted molar refractivity (Wildman–Crippen MR) is 109 cm³/mol. The van der Waals surface area contributed by atoms with Crippen molar-refractivity contribution in [2.45, 2.75) is 23.8 Å². The molecule has 1 atom stereocenters. The van der Waals surface area contributed by atoms with Gasteiger partial charge in [0.1, 0.15) is 5.82 Å². The molecule has 150 valence electrons. The summed E-state index contributed by atoms with van der Waals surface area (Å²) in [6, 6.07) is 11.5. The molecule has 6 nitrogen and oxygen atoms in total. The highest BCUT2D eigenvalue weighted by atomic mass is 35.5. The van der Waals surface area contributed by atoms with Crippen LogP contribution >= 0.6 is 11.6 Å². The van der Waals surface area contributed by atoms with Crippen LogP contribution < -0.4 is 5.73 Å². The SMILES string of the molecule is Nc1ncc(-c2ccc(Cl)cc2)c([C@H]2CCCN2S(=O)(=O)c2ccc(F)cc2)n1. The van der Waals surface area contributed by atoms with Crippen molar-refractivity contribution in [2.24, 2.45) is 0 Å². The highest BCUT2D eigenvalue weighted by Crippen LogP contribution is 2.40. The Labute approximate surface area is 173 Å². The molecule has 0 unspecified atom stereocenters. The molecule has 1 aliphatic rings. The molecule has 2 N–H and O–H groups in total. The Morgan fingerprint density at radius 1 is 1.10 bits per heavy atom. The zero-order valence-electron chi connectivity index (χ0n) is 15.3. The summed E-state index contributed by atoms with van der Waals surface area (Å²) in [6.45, 7) is 0.342. The number of anilines is 1. The molecule has 1 saturated heterocycles. The largest absolute Gasteiger partial charge is 0.368 e. The number of sulfonamides is 1. The second kappa shape index (κ2) is 7.70. The number of nitrogens with zero attached hydrogens (tertiary/aromatic N) is 3. The molecule has 1 aromatic heterocycles. The monoisotopic (exact) mass is 432 g/mol. The van der Waals surface area contributed by atoms with Crippen LogP contribution in [-0.2, 0) is 10.0 Å². The summed E-state index contributed by atoms with van der Waals surface area (Å²) in [5, 5.41) is 0.591. The summed E-state index contributed by atoms with van der Waals surface area (Å²) >= 11 is 5.99. The van der Waals surface area contributed by atoms with Crippen LogP contribution in [-0.4, -0.2) is 29.2 Å². The van der Waals surface area contributed by atoms with Crippen LogP contribution in [0.2, 0.25) is 5.02 Å². The quantitative estimate of drug-likeness (QED) is 0.671. The lowest BCUT2D eigenvalue weighted by molar-refractivity contribution is 0.391. The Hall–Kier alpha value is -2.55. The molecule has 0 aliphatic carbocycles. The lowest BCUT2D eigenvalue weighted by atomic mass is 10.0. The van der Waals surface area contributed by atoms with Gasteiger partial charge in [-0.2, -0.15) is 4.31 Å². The molecule has 4 rings (SSSR count). The van der Waals surface area contributed by atoms with E-state index < -0.39 is 21.9 Å². The van der Waals surface area contributed by atoms with Crippen LogP contribution in [0.1, 0.15) is 24.6 Å². The average molecular weight is 433 g/mol. The number of rotatable bonds is 4. The Balaban J connectivity index is 1.79. The lowest BCUT2D eigenvalue weighted by Gasteiger charge is -2.25. The number of halogens is 2. The maximum Gasteiger partial charge on any atom is 0.243 e.